The van der Waals surface area contributed by atoms with Gasteiger partial charge in [-0.1, -0.05) is 0 Å². The van der Waals surface area contributed by atoms with Gasteiger partial charge in [-0.05, 0) is 33.8 Å². The lowest BCUT2D eigenvalue weighted by Crippen LogP contribution is -2.33. The van der Waals surface area contributed by atoms with E-state index >= 15 is 0 Å². The van der Waals surface area contributed by atoms with E-state index in [1.54, 1.807) is 27.7 Å². The zero-order chi connectivity index (χ0) is 15.3. The first kappa shape index (κ1) is 17.2. The lowest BCUT2D eigenvalue weighted by atomic mass is 10.3. The summed E-state index contributed by atoms with van der Waals surface area (Å²) in [6, 6.07) is 1.33. The Balaban J connectivity index is 2.69. The Bertz CT molecular complexity index is 431. The maximum atomic E-state index is 13.5. The first-order valence-electron chi connectivity index (χ1n) is 6.35. The van der Waals surface area contributed by atoms with Crippen molar-refractivity contribution in [1.82, 2.24) is 0 Å². The van der Waals surface area contributed by atoms with Gasteiger partial charge in [-0.15, -0.1) is 0 Å². The second kappa shape index (κ2) is 7.77. The maximum Gasteiger partial charge on any atom is 0.262 e. The fraction of sp³-hybridized carbons (Fsp3) is 0.538. The van der Waals surface area contributed by atoms with E-state index in [1.165, 1.54) is 0 Å². The summed E-state index contributed by atoms with van der Waals surface area (Å²) in [5, 5.41) is 0.0358. The molecule has 0 heterocycles. The molecule has 7 heteroatoms. The molecule has 0 saturated carbocycles. The van der Waals surface area contributed by atoms with Gasteiger partial charge in [0.15, 0.2) is 11.6 Å². The number of hydrogen-bond donors (Lipinski definition) is 0. The van der Waals surface area contributed by atoms with Crippen LogP contribution in [0, 0.1) is 17.5 Å². The summed E-state index contributed by atoms with van der Waals surface area (Å²) in [5.74, 6) is -3.12. The van der Waals surface area contributed by atoms with Crippen molar-refractivity contribution >= 4 is 14.9 Å². The van der Waals surface area contributed by atoms with E-state index in [0.29, 0.717) is 6.07 Å². The Labute approximate surface area is 119 Å². The summed E-state index contributed by atoms with van der Waals surface area (Å²) in [5.41, 5.74) is 0. The summed E-state index contributed by atoms with van der Waals surface area (Å²) in [6.07, 6.45) is -0.273. The van der Waals surface area contributed by atoms with Gasteiger partial charge in [0.05, 0.1) is 12.2 Å². The number of rotatable bonds is 7. The molecule has 0 aliphatic rings. The van der Waals surface area contributed by atoms with Gasteiger partial charge in [-0.2, -0.15) is 0 Å². The number of hydrogen-bond acceptors (Lipinski definition) is 3. The number of halogens is 3. The van der Waals surface area contributed by atoms with E-state index in [0.717, 1.165) is 6.07 Å². The zero-order valence-corrected chi connectivity index (χ0v) is 13.4. The second-order valence-electron chi connectivity index (χ2n) is 4.83. The van der Waals surface area contributed by atoms with Crippen molar-refractivity contribution in [3.05, 3.63) is 29.6 Å². The summed E-state index contributed by atoms with van der Waals surface area (Å²) >= 11 is 0. The smallest absolute Gasteiger partial charge is 0.262 e. The third-order valence-corrected chi connectivity index (χ3v) is 3.52. The Morgan fingerprint density at radius 2 is 1.35 bits per heavy atom. The van der Waals surface area contributed by atoms with Crippen LogP contribution < -0.4 is 5.19 Å². The molecule has 0 saturated heterocycles. The van der Waals surface area contributed by atoms with Gasteiger partial charge in [0.25, 0.3) is 6.48 Å². The van der Waals surface area contributed by atoms with E-state index in [4.69, 9.17) is 13.9 Å². The van der Waals surface area contributed by atoms with Gasteiger partial charge in [0.1, 0.15) is 5.82 Å². The maximum absolute atomic E-state index is 13.5. The second-order valence-corrected chi connectivity index (χ2v) is 6.21. The predicted octanol–water partition coefficient (Wildman–Crippen LogP) is 1.96. The molecule has 1 aromatic rings. The number of ether oxygens (including phenoxy) is 2. The van der Waals surface area contributed by atoms with Crippen molar-refractivity contribution in [1.29, 1.82) is 0 Å². The van der Waals surface area contributed by atoms with Gasteiger partial charge in [-0.3, -0.25) is 0 Å². The highest BCUT2D eigenvalue weighted by Gasteiger charge is 2.17. The van der Waals surface area contributed by atoms with Gasteiger partial charge in [-0.25, -0.2) is 13.2 Å². The fourth-order valence-corrected chi connectivity index (χ4v) is 2.36. The minimum Gasteiger partial charge on any atom is -0.373 e. The molecule has 0 amide bonds. The first-order chi connectivity index (χ1) is 9.29. The van der Waals surface area contributed by atoms with Crippen LogP contribution in [0.4, 0.5) is 13.2 Å². The van der Waals surface area contributed by atoms with Crippen LogP contribution in [-0.2, 0) is 13.9 Å². The zero-order valence-electron chi connectivity index (χ0n) is 12.0. The molecule has 20 heavy (non-hydrogen) atoms. The fourth-order valence-electron chi connectivity index (χ4n) is 1.39. The van der Waals surface area contributed by atoms with Crippen LogP contribution in [0.2, 0.25) is 0 Å². The van der Waals surface area contributed by atoms with Crippen LogP contribution in [0.25, 0.3) is 0 Å². The molecule has 0 unspecified atom stereocenters. The normalized spacial score (nSPS) is 12.5. The Kier molecular flexibility index (Phi) is 6.67. The van der Waals surface area contributed by atoms with E-state index in [2.05, 4.69) is 0 Å². The van der Waals surface area contributed by atoms with Crippen LogP contribution in [0.3, 0.4) is 0 Å². The molecule has 114 valence electrons. The molecule has 0 spiro atoms. The Hall–Kier alpha value is -0.893. The monoisotopic (exact) mass is 308 g/mol. The molecule has 1 aromatic carbocycles. The van der Waals surface area contributed by atoms with E-state index in [9.17, 15) is 13.2 Å². The van der Waals surface area contributed by atoms with E-state index in [1.807, 2.05) is 0 Å². The van der Waals surface area contributed by atoms with Crippen LogP contribution in [0.1, 0.15) is 27.7 Å². The molecule has 0 aliphatic carbocycles. The van der Waals surface area contributed by atoms with Crippen molar-refractivity contribution in [3.63, 3.8) is 0 Å². The number of benzene rings is 1. The first-order valence-corrected chi connectivity index (χ1v) is 7.64. The lowest BCUT2D eigenvalue weighted by Gasteiger charge is -2.23. The summed E-state index contributed by atoms with van der Waals surface area (Å²) in [6.45, 7) is 6.29. The van der Waals surface area contributed by atoms with Gasteiger partial charge in [0.2, 0.25) is 9.76 Å². The summed E-state index contributed by atoms with van der Waals surface area (Å²) < 4.78 is 55.5. The minimum absolute atomic E-state index is 0.0358. The van der Waals surface area contributed by atoms with Crippen LogP contribution in [0.15, 0.2) is 12.1 Å². The topological polar surface area (TPSA) is 27.7 Å². The van der Waals surface area contributed by atoms with Gasteiger partial charge in [0, 0.05) is 11.3 Å². The largest absolute Gasteiger partial charge is 0.373 e. The van der Waals surface area contributed by atoms with Crippen molar-refractivity contribution < 1.29 is 27.1 Å². The third-order valence-electron chi connectivity index (χ3n) is 2.23. The van der Waals surface area contributed by atoms with Gasteiger partial charge < -0.3 is 13.9 Å². The van der Waals surface area contributed by atoms with Crippen molar-refractivity contribution in [2.24, 2.45) is 0 Å². The molecular weight excluding hydrogens is 289 g/mol. The molecule has 0 radical (unpaired) electrons. The van der Waals surface area contributed by atoms with Crippen molar-refractivity contribution in [2.45, 2.75) is 46.4 Å². The summed E-state index contributed by atoms with van der Waals surface area (Å²) in [7, 11) is -1.64. The standard InChI is InChI=1S/C13H19F3O3Si/c1-7(2)17-13(18-8(3)4)19-20-12-6-10(15)9(14)5-11(12)16/h5-8,13H,20H2,1-4H3. The Morgan fingerprint density at radius 3 is 1.85 bits per heavy atom. The average Bonchev–Trinajstić information content (AvgIpc) is 2.30. The summed E-state index contributed by atoms with van der Waals surface area (Å²) in [4.78, 5) is 0. The van der Waals surface area contributed by atoms with E-state index < -0.39 is 33.7 Å². The average molecular weight is 308 g/mol. The molecule has 0 aromatic heterocycles. The highest BCUT2D eigenvalue weighted by atomic mass is 28.2. The van der Waals surface area contributed by atoms with Gasteiger partial charge >= 0.3 is 0 Å². The molecular formula is C13H19F3O3Si. The third kappa shape index (κ3) is 5.62. The van der Waals surface area contributed by atoms with Crippen LogP contribution >= 0.6 is 0 Å². The molecule has 0 N–H and O–H groups in total. The molecule has 3 nitrogen and oxygen atoms in total. The molecule has 0 bridgehead atoms. The lowest BCUT2D eigenvalue weighted by molar-refractivity contribution is -0.274. The van der Waals surface area contributed by atoms with Crippen LogP contribution in [-0.4, -0.2) is 28.4 Å². The predicted molar refractivity (Wildman–Crippen MR) is 71.8 cm³/mol. The van der Waals surface area contributed by atoms with E-state index in [-0.39, 0.29) is 17.4 Å². The highest BCUT2D eigenvalue weighted by molar-refractivity contribution is 6.47. The quantitative estimate of drug-likeness (QED) is 0.438. The highest BCUT2D eigenvalue weighted by Crippen LogP contribution is 2.08. The molecule has 0 aliphatic heterocycles. The van der Waals surface area contributed by atoms with Crippen molar-refractivity contribution in [3.8, 4) is 0 Å². The Morgan fingerprint density at radius 1 is 0.850 bits per heavy atom. The minimum atomic E-state index is -1.64. The molecule has 1 rings (SSSR count). The van der Waals surface area contributed by atoms with Crippen molar-refractivity contribution in [2.75, 3.05) is 0 Å². The van der Waals surface area contributed by atoms with Crippen LogP contribution in [0.5, 0.6) is 0 Å². The molecule has 0 fully saturated rings. The molecule has 0 atom stereocenters. The SMILES string of the molecule is CC(C)OC(O[SiH2]c1cc(F)c(F)cc1F)OC(C)C.